The highest BCUT2D eigenvalue weighted by Gasteiger charge is 2.25. The van der Waals surface area contributed by atoms with E-state index in [4.69, 9.17) is 4.74 Å². The lowest BCUT2D eigenvalue weighted by atomic mass is 10.0. The molecule has 0 spiro atoms. The zero-order valence-electron chi connectivity index (χ0n) is 13.3. The van der Waals surface area contributed by atoms with Crippen LogP contribution in [0.25, 0.3) is 11.3 Å². The van der Waals surface area contributed by atoms with Crippen molar-refractivity contribution in [3.8, 4) is 17.0 Å². The van der Waals surface area contributed by atoms with Crippen molar-refractivity contribution in [2.75, 3.05) is 11.9 Å². The Bertz CT molecular complexity index is 836. The number of nitrogens with one attached hydrogen (secondary N) is 1. The van der Waals surface area contributed by atoms with Crippen LogP contribution in [-0.4, -0.2) is 16.4 Å². The molecule has 0 saturated carbocycles. The maximum Gasteiger partial charge on any atom is 0.147 e. The zero-order chi connectivity index (χ0) is 15.8. The second-order valence-electron chi connectivity index (χ2n) is 5.71. The van der Waals surface area contributed by atoms with Crippen molar-refractivity contribution < 1.29 is 4.74 Å². The molecular weight excluding hydrogens is 286 g/mol. The summed E-state index contributed by atoms with van der Waals surface area (Å²) in [7, 11) is 0. The van der Waals surface area contributed by atoms with Gasteiger partial charge in [0.1, 0.15) is 11.9 Å². The summed E-state index contributed by atoms with van der Waals surface area (Å²) >= 11 is 0. The number of hydrogen-bond donors (Lipinski definition) is 1. The fraction of sp³-hybridized carbons (Fsp3) is 0.211. The van der Waals surface area contributed by atoms with Crippen LogP contribution in [0.1, 0.15) is 24.3 Å². The molecule has 3 aromatic rings. The largest absolute Gasteiger partial charge is 0.494 e. The number of benzene rings is 2. The van der Waals surface area contributed by atoms with Crippen LogP contribution in [0.15, 0.2) is 54.6 Å². The molecule has 1 aliphatic rings. The molecule has 0 radical (unpaired) electrons. The van der Waals surface area contributed by atoms with E-state index >= 15 is 0 Å². The molecule has 0 saturated heterocycles. The summed E-state index contributed by atoms with van der Waals surface area (Å²) in [6.07, 6.45) is -0.00993. The van der Waals surface area contributed by atoms with Gasteiger partial charge in [0, 0.05) is 11.3 Å². The van der Waals surface area contributed by atoms with Gasteiger partial charge in [-0.25, -0.2) is 4.68 Å². The van der Waals surface area contributed by atoms with Crippen LogP contribution in [0.2, 0.25) is 0 Å². The van der Waals surface area contributed by atoms with E-state index in [0.717, 1.165) is 28.4 Å². The Labute approximate surface area is 135 Å². The van der Waals surface area contributed by atoms with Gasteiger partial charge < -0.3 is 10.1 Å². The van der Waals surface area contributed by atoms with E-state index in [9.17, 15) is 0 Å². The molecular formula is C19H19N3O. The lowest BCUT2D eigenvalue weighted by Crippen LogP contribution is -2.25. The van der Waals surface area contributed by atoms with E-state index in [1.54, 1.807) is 0 Å². The van der Waals surface area contributed by atoms with Crippen molar-refractivity contribution in [2.45, 2.75) is 20.0 Å². The highest BCUT2D eigenvalue weighted by molar-refractivity contribution is 5.78. The first-order valence-corrected chi connectivity index (χ1v) is 7.91. The number of fused-ring (bicyclic) bond motifs is 3. The molecule has 0 unspecified atom stereocenters. The summed E-state index contributed by atoms with van der Waals surface area (Å²) < 4.78 is 7.60. The Morgan fingerprint density at radius 1 is 1.13 bits per heavy atom. The van der Waals surface area contributed by atoms with Gasteiger partial charge in [0.05, 0.1) is 18.0 Å². The monoisotopic (exact) mass is 305 g/mol. The Morgan fingerprint density at radius 3 is 2.70 bits per heavy atom. The van der Waals surface area contributed by atoms with E-state index in [0.29, 0.717) is 6.61 Å². The van der Waals surface area contributed by atoms with Crippen LogP contribution in [0.4, 0.5) is 5.69 Å². The predicted molar refractivity (Wildman–Crippen MR) is 91.8 cm³/mol. The third-order valence-corrected chi connectivity index (χ3v) is 4.10. The minimum absolute atomic E-state index is 0.00993. The molecule has 0 amide bonds. The molecule has 1 atom stereocenters. The van der Waals surface area contributed by atoms with E-state index < -0.39 is 0 Å². The number of aromatic nitrogens is 2. The quantitative estimate of drug-likeness (QED) is 0.787. The Balaban J connectivity index is 1.78. The molecule has 116 valence electrons. The van der Waals surface area contributed by atoms with Gasteiger partial charge in [0.15, 0.2) is 0 Å². The van der Waals surface area contributed by atoms with Crippen molar-refractivity contribution in [1.82, 2.24) is 9.78 Å². The Kier molecular flexibility index (Phi) is 3.30. The fourth-order valence-electron chi connectivity index (χ4n) is 3.09. The van der Waals surface area contributed by atoms with E-state index in [2.05, 4.69) is 57.6 Å². The maximum absolute atomic E-state index is 5.54. The number of rotatable bonds is 3. The topological polar surface area (TPSA) is 39.1 Å². The van der Waals surface area contributed by atoms with Gasteiger partial charge in [-0.3, -0.25) is 0 Å². The fourth-order valence-corrected chi connectivity index (χ4v) is 3.09. The summed E-state index contributed by atoms with van der Waals surface area (Å²) in [6.45, 7) is 4.70. The van der Waals surface area contributed by atoms with Crippen molar-refractivity contribution in [3.05, 3.63) is 65.9 Å². The van der Waals surface area contributed by atoms with Gasteiger partial charge in [-0.1, -0.05) is 30.3 Å². The van der Waals surface area contributed by atoms with Gasteiger partial charge in [-0.15, -0.1) is 0 Å². The molecule has 4 heteroatoms. The summed E-state index contributed by atoms with van der Waals surface area (Å²) in [5, 5.41) is 8.28. The van der Waals surface area contributed by atoms with Gasteiger partial charge >= 0.3 is 0 Å². The normalized spacial score (nSPS) is 15.5. The average Bonchev–Trinajstić information content (AvgIpc) is 2.97. The number of nitrogens with zero attached hydrogens (tertiary/aromatic N) is 2. The Hall–Kier alpha value is -2.75. The highest BCUT2D eigenvalue weighted by atomic mass is 16.5. The van der Waals surface area contributed by atoms with Gasteiger partial charge in [0.2, 0.25) is 0 Å². The van der Waals surface area contributed by atoms with Crippen LogP contribution >= 0.6 is 0 Å². The lowest BCUT2D eigenvalue weighted by Gasteiger charge is -2.29. The van der Waals surface area contributed by atoms with E-state index in [1.807, 2.05) is 26.0 Å². The number of hydrogen-bond acceptors (Lipinski definition) is 3. The molecule has 0 bridgehead atoms. The summed E-state index contributed by atoms with van der Waals surface area (Å²) in [5.74, 6) is 0.893. The third-order valence-electron chi connectivity index (χ3n) is 4.10. The first-order chi connectivity index (χ1) is 11.3. The molecule has 1 N–H and O–H groups in total. The molecule has 2 heterocycles. The number of aryl methyl sites for hydroxylation is 1. The van der Waals surface area contributed by atoms with Crippen molar-refractivity contribution in [2.24, 2.45) is 0 Å². The smallest absolute Gasteiger partial charge is 0.147 e. The van der Waals surface area contributed by atoms with Crippen molar-refractivity contribution >= 4 is 5.69 Å². The second kappa shape index (κ2) is 5.47. The number of anilines is 1. The molecule has 0 aliphatic carbocycles. The predicted octanol–water partition coefficient (Wildman–Crippen LogP) is 4.23. The first kappa shape index (κ1) is 13.9. The molecule has 1 aliphatic heterocycles. The maximum atomic E-state index is 5.54. The summed E-state index contributed by atoms with van der Waals surface area (Å²) in [5.41, 5.74) is 5.66. The number of para-hydroxylation sites is 1. The minimum Gasteiger partial charge on any atom is -0.494 e. The van der Waals surface area contributed by atoms with Crippen LogP contribution in [0.5, 0.6) is 5.75 Å². The van der Waals surface area contributed by atoms with Crippen molar-refractivity contribution in [3.63, 3.8) is 0 Å². The van der Waals surface area contributed by atoms with Crippen LogP contribution in [0.3, 0.4) is 0 Å². The standard InChI is InChI=1S/C19H19N3O/c1-3-23-15-10-8-14(9-11-15)19-20-17-7-5-4-6-16(17)18-12-13(2)21-22(18)19/h4-12,19-20H,3H2,1-2H3/t19-/m0/s1. The molecule has 2 aromatic carbocycles. The van der Waals surface area contributed by atoms with E-state index in [-0.39, 0.29) is 6.17 Å². The summed E-state index contributed by atoms with van der Waals surface area (Å²) in [6, 6.07) is 18.7. The summed E-state index contributed by atoms with van der Waals surface area (Å²) in [4.78, 5) is 0. The molecule has 0 fully saturated rings. The minimum atomic E-state index is -0.00993. The third kappa shape index (κ3) is 2.36. The number of ether oxygens (including phenoxy) is 1. The molecule has 4 rings (SSSR count). The SMILES string of the molecule is CCOc1ccc([C@H]2Nc3ccccc3-c3cc(C)nn32)cc1. The lowest BCUT2D eigenvalue weighted by molar-refractivity contribution is 0.340. The first-order valence-electron chi connectivity index (χ1n) is 7.91. The second-order valence-corrected chi connectivity index (χ2v) is 5.71. The molecule has 23 heavy (non-hydrogen) atoms. The van der Waals surface area contributed by atoms with E-state index in [1.165, 1.54) is 5.56 Å². The molecule has 1 aromatic heterocycles. The van der Waals surface area contributed by atoms with Gasteiger partial charge in [-0.2, -0.15) is 5.10 Å². The molecule has 4 nitrogen and oxygen atoms in total. The van der Waals surface area contributed by atoms with Crippen LogP contribution < -0.4 is 10.1 Å². The van der Waals surface area contributed by atoms with Gasteiger partial charge in [0.25, 0.3) is 0 Å². The Morgan fingerprint density at radius 2 is 1.91 bits per heavy atom. The average molecular weight is 305 g/mol. The van der Waals surface area contributed by atoms with Crippen molar-refractivity contribution in [1.29, 1.82) is 0 Å². The van der Waals surface area contributed by atoms with Crippen LogP contribution in [-0.2, 0) is 0 Å². The van der Waals surface area contributed by atoms with Crippen LogP contribution in [0, 0.1) is 6.92 Å². The highest BCUT2D eigenvalue weighted by Crippen LogP contribution is 2.38. The zero-order valence-corrected chi connectivity index (χ0v) is 13.3. The van der Waals surface area contributed by atoms with Gasteiger partial charge in [-0.05, 0) is 43.7 Å².